The van der Waals surface area contributed by atoms with Crippen LogP contribution in [0.2, 0.25) is 0 Å². The summed E-state index contributed by atoms with van der Waals surface area (Å²) in [7, 11) is 3.37. The van der Waals surface area contributed by atoms with E-state index < -0.39 is 0 Å². The van der Waals surface area contributed by atoms with Crippen LogP contribution < -0.4 is 19.3 Å². The molecule has 2 aliphatic rings. The summed E-state index contributed by atoms with van der Waals surface area (Å²) in [6.07, 6.45) is 5.21. The summed E-state index contributed by atoms with van der Waals surface area (Å²) >= 11 is 0. The van der Waals surface area contributed by atoms with Crippen LogP contribution in [0.25, 0.3) is 0 Å². The van der Waals surface area contributed by atoms with E-state index in [2.05, 4.69) is 44.9 Å². The molecule has 0 amide bonds. The number of rotatable bonds is 4. The molecule has 0 radical (unpaired) electrons. The molecule has 3 heterocycles. The number of piperidine rings is 1. The Morgan fingerprint density at radius 1 is 0.926 bits per heavy atom. The van der Waals surface area contributed by atoms with E-state index in [0.717, 1.165) is 61.7 Å². The largest absolute Gasteiger partial charge is 0.493 e. The Balaban J connectivity index is 1.56. The van der Waals surface area contributed by atoms with Crippen molar-refractivity contribution in [2.24, 2.45) is 5.92 Å². The van der Waals surface area contributed by atoms with Gasteiger partial charge in [0, 0.05) is 32.2 Å². The molecule has 0 bridgehead atoms. The molecule has 0 spiro atoms. The lowest BCUT2D eigenvalue weighted by Crippen LogP contribution is -2.35. The zero-order chi connectivity index (χ0) is 18.8. The van der Waals surface area contributed by atoms with Crippen molar-refractivity contribution in [1.29, 1.82) is 0 Å². The topological polar surface area (TPSA) is 50.7 Å². The van der Waals surface area contributed by atoms with Gasteiger partial charge in [-0.15, -0.1) is 0 Å². The molecule has 1 atom stereocenters. The number of aromatic nitrogens is 2. The average Bonchev–Trinajstić information content (AvgIpc) is 2.72. The molecule has 144 valence electrons. The van der Waals surface area contributed by atoms with Crippen molar-refractivity contribution in [2.75, 3.05) is 43.7 Å². The van der Waals surface area contributed by atoms with E-state index in [1.165, 1.54) is 24.0 Å². The van der Waals surface area contributed by atoms with Gasteiger partial charge in [0.25, 0.3) is 0 Å². The summed E-state index contributed by atoms with van der Waals surface area (Å²) in [5, 5.41) is 0. The van der Waals surface area contributed by atoms with Gasteiger partial charge in [0.15, 0.2) is 11.5 Å². The second-order valence-electron chi connectivity index (χ2n) is 7.58. The number of ether oxygens (including phenoxy) is 2. The van der Waals surface area contributed by atoms with Crippen LogP contribution >= 0.6 is 0 Å². The predicted molar refractivity (Wildman–Crippen MR) is 107 cm³/mol. The van der Waals surface area contributed by atoms with Gasteiger partial charge in [-0.2, -0.15) is 0 Å². The normalized spacial score (nSPS) is 19.6. The van der Waals surface area contributed by atoms with Gasteiger partial charge in [-0.25, -0.2) is 9.97 Å². The minimum atomic E-state index is 0.724. The maximum absolute atomic E-state index is 5.48. The molecule has 1 aromatic heterocycles. The zero-order valence-electron chi connectivity index (χ0n) is 16.4. The summed E-state index contributed by atoms with van der Waals surface area (Å²) in [6, 6.07) is 6.34. The Bertz CT molecular complexity index is 811. The molecule has 4 rings (SSSR count). The van der Waals surface area contributed by atoms with Crippen LogP contribution in [0, 0.1) is 5.92 Å². The van der Waals surface area contributed by atoms with Crippen LogP contribution in [-0.4, -0.2) is 43.8 Å². The highest BCUT2D eigenvalue weighted by Crippen LogP contribution is 2.34. The maximum Gasteiger partial charge on any atom is 0.161 e. The van der Waals surface area contributed by atoms with Gasteiger partial charge in [0.1, 0.15) is 18.0 Å². The zero-order valence-corrected chi connectivity index (χ0v) is 16.4. The quantitative estimate of drug-likeness (QED) is 0.825. The number of hydrogen-bond donors (Lipinski definition) is 0. The van der Waals surface area contributed by atoms with E-state index in [4.69, 9.17) is 9.47 Å². The Morgan fingerprint density at radius 2 is 1.63 bits per heavy atom. The highest BCUT2D eigenvalue weighted by molar-refractivity contribution is 5.54. The molecule has 1 unspecified atom stereocenters. The summed E-state index contributed by atoms with van der Waals surface area (Å²) < 4.78 is 10.9. The SMILES string of the molecule is COc1cc2c(cc1OC)CN(c1cc(N3CCCC(C)C3)ncn1)CC2. The Labute approximate surface area is 161 Å². The van der Waals surface area contributed by atoms with Crippen LogP contribution in [0.4, 0.5) is 11.6 Å². The van der Waals surface area contributed by atoms with E-state index in [0.29, 0.717) is 0 Å². The first-order chi connectivity index (χ1) is 13.2. The van der Waals surface area contributed by atoms with E-state index in [-0.39, 0.29) is 0 Å². The van der Waals surface area contributed by atoms with E-state index in [1.807, 2.05) is 0 Å². The molecule has 6 heteroatoms. The maximum atomic E-state index is 5.48. The molecule has 0 aliphatic carbocycles. The fraction of sp³-hybridized carbons (Fsp3) is 0.524. The fourth-order valence-electron chi connectivity index (χ4n) is 4.16. The molecule has 1 aromatic carbocycles. The molecule has 2 aliphatic heterocycles. The second kappa shape index (κ2) is 7.62. The molecule has 1 fully saturated rings. The van der Waals surface area contributed by atoms with Crippen molar-refractivity contribution in [3.05, 3.63) is 35.7 Å². The third kappa shape index (κ3) is 3.66. The summed E-state index contributed by atoms with van der Waals surface area (Å²) in [4.78, 5) is 13.8. The van der Waals surface area contributed by atoms with Gasteiger partial charge in [0.05, 0.1) is 14.2 Å². The monoisotopic (exact) mass is 368 g/mol. The third-order valence-electron chi connectivity index (χ3n) is 5.66. The van der Waals surface area contributed by atoms with Gasteiger partial charge in [-0.3, -0.25) is 0 Å². The first-order valence-electron chi connectivity index (χ1n) is 9.73. The number of anilines is 2. The fourth-order valence-corrected chi connectivity index (χ4v) is 4.16. The Kier molecular flexibility index (Phi) is 5.05. The lowest BCUT2D eigenvalue weighted by molar-refractivity contribution is 0.353. The Morgan fingerprint density at radius 3 is 2.33 bits per heavy atom. The minimum absolute atomic E-state index is 0.724. The van der Waals surface area contributed by atoms with Crippen LogP contribution in [-0.2, 0) is 13.0 Å². The summed E-state index contributed by atoms with van der Waals surface area (Å²) in [6.45, 7) is 6.24. The van der Waals surface area contributed by atoms with Crippen LogP contribution in [0.5, 0.6) is 11.5 Å². The van der Waals surface area contributed by atoms with Crippen molar-refractivity contribution in [1.82, 2.24) is 9.97 Å². The average molecular weight is 368 g/mol. The van der Waals surface area contributed by atoms with Crippen molar-refractivity contribution in [3.63, 3.8) is 0 Å². The molecular formula is C21H28N4O2. The van der Waals surface area contributed by atoms with Crippen molar-refractivity contribution in [2.45, 2.75) is 32.7 Å². The number of nitrogens with zero attached hydrogens (tertiary/aromatic N) is 4. The molecule has 6 nitrogen and oxygen atoms in total. The molecule has 2 aromatic rings. The van der Waals surface area contributed by atoms with Gasteiger partial charge in [-0.1, -0.05) is 6.92 Å². The predicted octanol–water partition coefficient (Wildman–Crippen LogP) is 3.29. The number of benzene rings is 1. The molecule has 27 heavy (non-hydrogen) atoms. The minimum Gasteiger partial charge on any atom is -0.493 e. The highest BCUT2D eigenvalue weighted by Gasteiger charge is 2.22. The van der Waals surface area contributed by atoms with E-state index in [9.17, 15) is 0 Å². The molecule has 1 saturated heterocycles. The van der Waals surface area contributed by atoms with E-state index >= 15 is 0 Å². The number of hydrogen-bond acceptors (Lipinski definition) is 6. The van der Waals surface area contributed by atoms with Crippen LogP contribution in [0.3, 0.4) is 0 Å². The first kappa shape index (κ1) is 17.9. The van der Waals surface area contributed by atoms with Gasteiger partial charge < -0.3 is 19.3 Å². The van der Waals surface area contributed by atoms with Crippen molar-refractivity contribution >= 4 is 11.6 Å². The van der Waals surface area contributed by atoms with Crippen molar-refractivity contribution < 1.29 is 9.47 Å². The standard InChI is InChI=1S/C21H28N4O2/c1-15-5-4-7-24(12-15)20-11-21(23-14-22-20)25-8-6-16-9-18(26-2)19(27-3)10-17(16)13-25/h9-11,14-15H,4-8,12-13H2,1-3H3. The van der Waals surface area contributed by atoms with Gasteiger partial charge in [0.2, 0.25) is 0 Å². The lowest BCUT2D eigenvalue weighted by Gasteiger charge is -2.33. The van der Waals surface area contributed by atoms with Gasteiger partial charge >= 0.3 is 0 Å². The third-order valence-corrected chi connectivity index (χ3v) is 5.66. The highest BCUT2D eigenvalue weighted by atomic mass is 16.5. The lowest BCUT2D eigenvalue weighted by atomic mass is 9.98. The van der Waals surface area contributed by atoms with Crippen molar-refractivity contribution in [3.8, 4) is 11.5 Å². The molecular weight excluding hydrogens is 340 g/mol. The summed E-state index contributed by atoms with van der Waals surface area (Å²) in [5.74, 6) is 4.35. The second-order valence-corrected chi connectivity index (χ2v) is 7.58. The molecule has 0 N–H and O–H groups in total. The smallest absolute Gasteiger partial charge is 0.161 e. The number of fused-ring (bicyclic) bond motifs is 1. The summed E-state index contributed by atoms with van der Waals surface area (Å²) in [5.41, 5.74) is 2.59. The van der Waals surface area contributed by atoms with Crippen LogP contribution in [0.15, 0.2) is 24.5 Å². The van der Waals surface area contributed by atoms with Gasteiger partial charge in [-0.05, 0) is 48.4 Å². The Hall–Kier alpha value is -2.50. The molecule has 0 saturated carbocycles. The number of methoxy groups -OCH3 is 2. The first-order valence-corrected chi connectivity index (χ1v) is 9.73. The van der Waals surface area contributed by atoms with Crippen LogP contribution in [0.1, 0.15) is 30.9 Å². The van der Waals surface area contributed by atoms with E-state index in [1.54, 1.807) is 20.5 Å².